The monoisotopic (exact) mass is 612 g/mol. The summed E-state index contributed by atoms with van der Waals surface area (Å²) >= 11 is 1.86. The van der Waals surface area contributed by atoms with E-state index in [9.17, 15) is 0 Å². The van der Waals surface area contributed by atoms with Gasteiger partial charge < -0.3 is 24.0 Å². The molecule has 1 aromatic rings. The van der Waals surface area contributed by atoms with Crippen LogP contribution in [0.25, 0.3) is 0 Å². The fourth-order valence-electron chi connectivity index (χ4n) is 11.6. The zero-order valence-electron chi connectivity index (χ0n) is 27.4. The van der Waals surface area contributed by atoms with E-state index in [1.54, 1.807) is 0 Å². The van der Waals surface area contributed by atoms with Crippen molar-refractivity contribution in [3.8, 4) is 0 Å². The first-order valence-electron chi connectivity index (χ1n) is 18.3. The first kappa shape index (κ1) is 31.1. The fraction of sp³-hybridized carbons (Fsp3) is 0.892. The molecular formula is C37H60N2O3S. The summed E-state index contributed by atoms with van der Waals surface area (Å²) in [6.07, 6.45) is 17.8. The number of hydrogen-bond donors (Lipinski definition) is 0. The van der Waals surface area contributed by atoms with Crippen molar-refractivity contribution >= 4 is 11.3 Å². The largest absolute Gasteiger partial charge is 0.378 e. The van der Waals surface area contributed by atoms with Gasteiger partial charge in [-0.25, -0.2) is 0 Å². The number of fused-ring (bicyclic) bond motifs is 5. The molecule has 0 N–H and O–H groups in total. The number of thiophene rings is 1. The van der Waals surface area contributed by atoms with E-state index in [0.717, 1.165) is 63.2 Å². The average Bonchev–Trinajstić information content (AvgIpc) is 3.83. The van der Waals surface area contributed by atoms with Crippen LogP contribution in [0.15, 0.2) is 16.8 Å². The van der Waals surface area contributed by atoms with Crippen LogP contribution >= 0.6 is 11.3 Å². The molecule has 4 saturated carbocycles. The Morgan fingerprint density at radius 2 is 1.53 bits per heavy atom. The van der Waals surface area contributed by atoms with E-state index in [1.165, 1.54) is 115 Å². The van der Waals surface area contributed by atoms with Gasteiger partial charge in [0.15, 0.2) is 0 Å². The molecule has 3 heterocycles. The van der Waals surface area contributed by atoms with Crippen LogP contribution in [0, 0.1) is 34.5 Å². The average molecular weight is 613 g/mol. The molecule has 2 saturated heterocycles. The van der Waals surface area contributed by atoms with E-state index in [-0.39, 0.29) is 11.0 Å². The summed E-state index contributed by atoms with van der Waals surface area (Å²) in [6, 6.07) is 2.40. The van der Waals surface area contributed by atoms with Crippen molar-refractivity contribution < 1.29 is 14.2 Å². The quantitative estimate of drug-likeness (QED) is 0.227. The smallest absolute Gasteiger partial charge is 0.0996 e. The van der Waals surface area contributed by atoms with Gasteiger partial charge in [-0.15, -0.1) is 0 Å². The first-order valence-corrected chi connectivity index (χ1v) is 19.3. The Balaban J connectivity index is 0.955. The highest BCUT2D eigenvalue weighted by Gasteiger charge is 2.66. The van der Waals surface area contributed by atoms with Gasteiger partial charge in [0.2, 0.25) is 0 Å². The van der Waals surface area contributed by atoms with Crippen molar-refractivity contribution in [3.63, 3.8) is 0 Å². The van der Waals surface area contributed by atoms with Gasteiger partial charge in [-0.2, -0.15) is 11.3 Å². The minimum Gasteiger partial charge on any atom is -0.378 e. The molecule has 7 rings (SSSR count). The Labute approximate surface area is 266 Å². The molecule has 2 aliphatic heterocycles. The van der Waals surface area contributed by atoms with Crippen molar-refractivity contribution in [2.75, 3.05) is 65.7 Å². The van der Waals surface area contributed by atoms with Gasteiger partial charge >= 0.3 is 0 Å². The van der Waals surface area contributed by atoms with Crippen LogP contribution in [0.5, 0.6) is 0 Å². The van der Waals surface area contributed by atoms with Gasteiger partial charge in [-0.1, -0.05) is 13.8 Å². The molecule has 6 aliphatic rings. The van der Waals surface area contributed by atoms with Crippen LogP contribution in [0.4, 0.5) is 0 Å². The second-order valence-corrected chi connectivity index (χ2v) is 16.6. The van der Waals surface area contributed by atoms with Gasteiger partial charge in [0, 0.05) is 18.5 Å². The van der Waals surface area contributed by atoms with Crippen LogP contribution in [-0.2, 0) is 19.8 Å². The minimum absolute atomic E-state index is 0.0951. The molecule has 8 atom stereocenters. The molecule has 242 valence electrons. The molecule has 6 heteroatoms. The highest BCUT2D eigenvalue weighted by Crippen LogP contribution is 2.71. The highest BCUT2D eigenvalue weighted by atomic mass is 32.1. The molecule has 1 unspecified atom stereocenters. The number of rotatable bonds is 12. The molecule has 5 nitrogen and oxygen atoms in total. The first-order chi connectivity index (χ1) is 21.0. The number of nitrogens with zero attached hydrogens (tertiary/aromatic N) is 2. The Kier molecular flexibility index (Phi) is 9.64. The Morgan fingerprint density at radius 1 is 0.791 bits per heavy atom. The lowest BCUT2D eigenvalue weighted by Gasteiger charge is -2.62. The fourth-order valence-corrected chi connectivity index (χ4v) is 12.3. The third-order valence-electron chi connectivity index (χ3n) is 14.0. The Hall–Kier alpha value is -0.500. The van der Waals surface area contributed by atoms with Gasteiger partial charge in [0.1, 0.15) is 0 Å². The summed E-state index contributed by atoms with van der Waals surface area (Å²) in [5, 5.41) is 4.71. The van der Waals surface area contributed by atoms with Crippen molar-refractivity contribution in [1.29, 1.82) is 0 Å². The van der Waals surface area contributed by atoms with Crippen LogP contribution < -0.4 is 0 Å². The summed E-state index contributed by atoms with van der Waals surface area (Å²) in [6.45, 7) is 15.8. The second-order valence-electron chi connectivity index (χ2n) is 15.8. The lowest BCUT2D eigenvalue weighted by atomic mass is 9.44. The molecular weight excluding hydrogens is 552 g/mol. The molecule has 43 heavy (non-hydrogen) atoms. The van der Waals surface area contributed by atoms with Crippen LogP contribution in [0.3, 0.4) is 0 Å². The van der Waals surface area contributed by atoms with Crippen molar-refractivity contribution in [2.45, 2.75) is 109 Å². The SMILES string of the molecule is C[C@]12CC[C@H](OCCOCCN3CCCC3)CC1CC[C@@H]1[C@@H]2CC[C@@]2(C)[C@H]1CC[C@@]2(OCCN1CCCC1)c1ccsc1. The maximum absolute atomic E-state index is 7.22. The molecule has 0 aromatic carbocycles. The van der Waals surface area contributed by atoms with Gasteiger partial charge in [0.05, 0.1) is 38.1 Å². The summed E-state index contributed by atoms with van der Waals surface area (Å²) < 4.78 is 19.6. The second kappa shape index (κ2) is 13.3. The summed E-state index contributed by atoms with van der Waals surface area (Å²) in [5.41, 5.74) is 2.13. The molecule has 0 bridgehead atoms. The summed E-state index contributed by atoms with van der Waals surface area (Å²) in [7, 11) is 0. The Bertz CT molecular complexity index is 1030. The zero-order valence-corrected chi connectivity index (χ0v) is 28.2. The van der Waals surface area contributed by atoms with E-state index in [1.807, 2.05) is 11.3 Å². The van der Waals surface area contributed by atoms with Crippen LogP contribution in [-0.4, -0.2) is 81.6 Å². The lowest BCUT2D eigenvalue weighted by Crippen LogP contribution is -2.56. The topological polar surface area (TPSA) is 34.2 Å². The predicted octanol–water partition coefficient (Wildman–Crippen LogP) is 7.60. The Morgan fingerprint density at radius 3 is 2.28 bits per heavy atom. The normalized spacial score (nSPS) is 41.8. The zero-order chi connectivity index (χ0) is 29.3. The third kappa shape index (κ3) is 5.93. The number of likely N-dealkylation sites (tertiary alicyclic amines) is 2. The van der Waals surface area contributed by atoms with E-state index in [2.05, 4.69) is 40.5 Å². The predicted molar refractivity (Wildman–Crippen MR) is 176 cm³/mol. The molecule has 6 fully saturated rings. The van der Waals surface area contributed by atoms with E-state index < -0.39 is 0 Å². The molecule has 0 amide bonds. The van der Waals surface area contributed by atoms with Crippen molar-refractivity contribution in [1.82, 2.24) is 9.80 Å². The number of hydrogen-bond acceptors (Lipinski definition) is 6. The van der Waals surface area contributed by atoms with Crippen LogP contribution in [0.1, 0.15) is 103 Å². The maximum Gasteiger partial charge on any atom is 0.0996 e. The standard InChI is InChI=1S/C37H60N2O3S/c1-35-13-9-31(41-25-24-40-22-20-38-16-3-4-17-38)27-29(35)7-8-32-33(35)10-14-36(2)34(32)11-15-37(36,30-12-26-43-28-30)42-23-21-39-18-5-6-19-39/h12,26,28-29,31-34H,3-11,13-25,27H2,1-2H3/t29?,31-,32+,33-,34-,35-,36-,37+/m0/s1. The van der Waals surface area contributed by atoms with Crippen LogP contribution in [0.2, 0.25) is 0 Å². The third-order valence-corrected chi connectivity index (χ3v) is 14.7. The molecule has 0 radical (unpaired) electrons. The highest BCUT2D eigenvalue weighted by molar-refractivity contribution is 7.08. The van der Waals surface area contributed by atoms with Crippen molar-refractivity contribution in [2.24, 2.45) is 34.5 Å². The molecule has 1 aromatic heterocycles. The van der Waals surface area contributed by atoms with Crippen molar-refractivity contribution in [3.05, 3.63) is 22.4 Å². The minimum atomic E-state index is -0.0951. The molecule has 4 aliphatic carbocycles. The summed E-state index contributed by atoms with van der Waals surface area (Å²) in [4.78, 5) is 5.15. The summed E-state index contributed by atoms with van der Waals surface area (Å²) in [5.74, 6) is 3.36. The number of ether oxygens (including phenoxy) is 3. The van der Waals surface area contributed by atoms with Gasteiger partial charge in [-0.05, 0) is 161 Å². The van der Waals surface area contributed by atoms with Gasteiger partial charge in [-0.3, -0.25) is 0 Å². The lowest BCUT2D eigenvalue weighted by molar-refractivity contribution is -0.185. The van der Waals surface area contributed by atoms with Gasteiger partial charge in [0.25, 0.3) is 0 Å². The maximum atomic E-state index is 7.22. The molecule has 0 spiro atoms. The van der Waals surface area contributed by atoms with E-state index in [0.29, 0.717) is 11.5 Å². The van der Waals surface area contributed by atoms with E-state index in [4.69, 9.17) is 14.2 Å². The van der Waals surface area contributed by atoms with E-state index >= 15 is 0 Å².